The van der Waals surface area contributed by atoms with Gasteiger partial charge in [-0.05, 0) is 93.7 Å². The topological polar surface area (TPSA) is 27.7 Å². The van der Waals surface area contributed by atoms with E-state index in [1.807, 2.05) is 48.5 Å². The van der Waals surface area contributed by atoms with Crippen molar-refractivity contribution in [3.63, 3.8) is 0 Å². The first-order valence-corrected chi connectivity index (χ1v) is 16.6. The quantitative estimate of drug-likeness (QED) is 0.193. The van der Waals surface area contributed by atoms with Crippen LogP contribution in [0.2, 0.25) is 0 Å². The summed E-state index contributed by atoms with van der Waals surface area (Å²) in [6.45, 7) is 6.56. The molecule has 1 unspecified atom stereocenters. The van der Waals surface area contributed by atoms with Gasteiger partial charge in [0.2, 0.25) is 0 Å². The van der Waals surface area contributed by atoms with E-state index >= 15 is 4.39 Å². The number of aryl methyl sites for hydroxylation is 1. The molecule has 0 radical (unpaired) electrons. The van der Waals surface area contributed by atoms with Crippen LogP contribution in [0.1, 0.15) is 60.6 Å². The molecule has 0 saturated carbocycles. The van der Waals surface area contributed by atoms with Gasteiger partial charge in [0.05, 0.1) is 14.2 Å². The van der Waals surface area contributed by atoms with Crippen molar-refractivity contribution in [2.75, 3.05) is 14.2 Å². The summed E-state index contributed by atoms with van der Waals surface area (Å²) < 4.78 is 35.9. The van der Waals surface area contributed by atoms with Gasteiger partial charge in [-0.1, -0.05) is 83.0 Å². The predicted molar refractivity (Wildman–Crippen MR) is 184 cm³/mol. The van der Waals surface area contributed by atoms with Crippen molar-refractivity contribution < 1.29 is 18.6 Å². The first-order valence-electron chi connectivity index (χ1n) is 14.9. The molecule has 44 heavy (non-hydrogen) atoms. The van der Waals surface area contributed by atoms with Crippen molar-refractivity contribution in [2.45, 2.75) is 49.5 Å². The highest BCUT2D eigenvalue weighted by Gasteiger charge is 2.47. The zero-order valence-corrected chi connectivity index (χ0v) is 28.5. The van der Waals surface area contributed by atoms with E-state index in [9.17, 15) is 0 Å². The van der Waals surface area contributed by atoms with Crippen LogP contribution in [0.3, 0.4) is 0 Å². The number of fused-ring (bicyclic) bond motifs is 7. The van der Waals surface area contributed by atoms with Crippen molar-refractivity contribution in [1.29, 1.82) is 0 Å². The van der Waals surface area contributed by atoms with E-state index in [1.54, 1.807) is 20.3 Å². The van der Waals surface area contributed by atoms with Crippen LogP contribution in [0.25, 0.3) is 22.4 Å². The molecule has 6 heteroatoms. The molecule has 7 rings (SSSR count). The van der Waals surface area contributed by atoms with Gasteiger partial charge in [0.1, 0.15) is 23.1 Å². The summed E-state index contributed by atoms with van der Waals surface area (Å²) in [5.41, 5.74) is 6.93. The Morgan fingerprint density at radius 1 is 0.955 bits per heavy atom. The number of ether oxygens (including phenoxy) is 3. The zero-order valence-electron chi connectivity index (χ0n) is 25.4. The molecule has 0 saturated heterocycles. The van der Waals surface area contributed by atoms with E-state index < -0.39 is 5.60 Å². The lowest BCUT2D eigenvalue weighted by Crippen LogP contribution is -2.35. The Balaban J connectivity index is 1.56. The first-order chi connectivity index (χ1) is 21.1. The summed E-state index contributed by atoms with van der Waals surface area (Å²) in [6.07, 6.45) is 8.10. The fourth-order valence-electron chi connectivity index (χ4n) is 7.36. The van der Waals surface area contributed by atoms with Gasteiger partial charge in [-0.25, -0.2) is 4.39 Å². The smallest absolute Gasteiger partial charge is 0.178 e. The Morgan fingerprint density at radius 2 is 1.57 bits per heavy atom. The van der Waals surface area contributed by atoms with Crippen LogP contribution in [0, 0.1) is 5.82 Å². The van der Waals surface area contributed by atoms with E-state index in [4.69, 9.17) is 14.2 Å². The second-order valence-electron chi connectivity index (χ2n) is 12.2. The number of alkyl halides is 1. The molecule has 0 N–H and O–H groups in total. The van der Waals surface area contributed by atoms with Crippen molar-refractivity contribution >= 4 is 54.3 Å². The van der Waals surface area contributed by atoms with Crippen LogP contribution < -0.4 is 14.2 Å². The molecule has 4 aromatic carbocycles. The van der Waals surface area contributed by atoms with Crippen LogP contribution in [-0.2, 0) is 17.4 Å². The molecule has 1 aliphatic heterocycles. The molecule has 4 aromatic rings. The minimum atomic E-state index is -0.970. The lowest BCUT2D eigenvalue weighted by atomic mass is 9.74. The number of rotatable bonds is 5. The molecular weight excluding hydrogens is 683 g/mol. The Morgan fingerprint density at radius 3 is 2.14 bits per heavy atom. The lowest BCUT2D eigenvalue weighted by Gasteiger charge is -2.39. The van der Waals surface area contributed by atoms with E-state index in [1.165, 1.54) is 5.57 Å². The molecule has 0 aromatic heterocycles. The maximum absolute atomic E-state index is 16.5. The minimum absolute atomic E-state index is 0.133. The highest BCUT2D eigenvalue weighted by atomic mass is 79.9. The molecule has 1 atom stereocenters. The van der Waals surface area contributed by atoms with Gasteiger partial charge < -0.3 is 14.2 Å². The van der Waals surface area contributed by atoms with Gasteiger partial charge in [-0.2, -0.15) is 0 Å². The monoisotopic (exact) mass is 714 g/mol. The van der Waals surface area contributed by atoms with Gasteiger partial charge in [-0.15, -0.1) is 0 Å². The van der Waals surface area contributed by atoms with Gasteiger partial charge in [0.25, 0.3) is 0 Å². The Bertz CT molecular complexity index is 1870. The maximum atomic E-state index is 16.5. The maximum Gasteiger partial charge on any atom is 0.178 e. The average molecular weight is 716 g/mol. The molecule has 0 spiro atoms. The fourth-order valence-corrected chi connectivity index (χ4v) is 9.52. The summed E-state index contributed by atoms with van der Waals surface area (Å²) in [5, 5.41) is 1.40. The SMILES string of the molecule is CCc1cc(F)c2c3c(c4c(c2c1)OC(c1ccc(OC)cc1)(c1ccc(OC)cc1)C=C4)C(C)(C)C1=C3C=C(Br)CC1Br. The zero-order chi connectivity index (χ0) is 31.0. The second kappa shape index (κ2) is 10.6. The number of hydrogen-bond acceptors (Lipinski definition) is 3. The number of hydrogen-bond donors (Lipinski definition) is 0. The van der Waals surface area contributed by atoms with E-state index in [2.05, 4.69) is 76.9 Å². The van der Waals surface area contributed by atoms with Crippen molar-refractivity contribution in [3.8, 4) is 17.2 Å². The molecule has 3 nitrogen and oxygen atoms in total. The second-order valence-corrected chi connectivity index (χ2v) is 14.3. The minimum Gasteiger partial charge on any atom is -0.497 e. The van der Waals surface area contributed by atoms with Gasteiger partial charge >= 0.3 is 0 Å². The number of methoxy groups -OCH3 is 2. The van der Waals surface area contributed by atoms with Crippen LogP contribution in [0.15, 0.2) is 82.9 Å². The standard InChI is InChI=1S/C38H33Br2FO3/c1-6-21-17-29-32(31(41)18-21)33-28-19-24(39)20-30(40)34(28)37(2,3)35(33)27-15-16-38(44-36(27)29,22-7-11-25(42-4)12-8-22)23-9-13-26(43-5)14-10-23/h7-19,30H,6,20H2,1-5H3. The van der Waals surface area contributed by atoms with Crippen LogP contribution in [-0.4, -0.2) is 19.0 Å². The largest absolute Gasteiger partial charge is 0.497 e. The first kappa shape index (κ1) is 29.4. The number of allylic oxidation sites excluding steroid dienone is 4. The molecule has 0 fully saturated rings. The molecular formula is C38H33Br2FO3. The molecule has 1 heterocycles. The predicted octanol–water partition coefficient (Wildman–Crippen LogP) is 10.4. The summed E-state index contributed by atoms with van der Waals surface area (Å²) >= 11 is 7.75. The third-order valence-electron chi connectivity index (χ3n) is 9.45. The Hall–Kier alpha value is -3.35. The van der Waals surface area contributed by atoms with Gasteiger partial charge in [-0.3, -0.25) is 0 Å². The number of halogens is 3. The van der Waals surface area contributed by atoms with Crippen molar-refractivity contribution in [1.82, 2.24) is 0 Å². The molecule has 224 valence electrons. The molecule has 0 amide bonds. The molecule has 3 aliphatic rings. The summed E-state index contributed by atoms with van der Waals surface area (Å²) in [4.78, 5) is 0.133. The van der Waals surface area contributed by atoms with Crippen LogP contribution in [0.4, 0.5) is 4.39 Å². The van der Waals surface area contributed by atoms with Gasteiger partial charge in [0.15, 0.2) is 5.60 Å². The highest BCUT2D eigenvalue weighted by Crippen LogP contribution is 2.60. The summed E-state index contributed by atoms with van der Waals surface area (Å²) in [6, 6.07) is 19.7. The van der Waals surface area contributed by atoms with Crippen LogP contribution in [0.5, 0.6) is 17.2 Å². The van der Waals surface area contributed by atoms with E-state index in [-0.39, 0.29) is 16.1 Å². The fraction of sp³-hybridized carbons (Fsp3) is 0.263. The highest BCUT2D eigenvalue weighted by molar-refractivity contribution is 9.12. The van der Waals surface area contributed by atoms with Gasteiger partial charge in [0, 0.05) is 37.7 Å². The third kappa shape index (κ3) is 4.24. The Kier molecular flexibility index (Phi) is 7.09. The average Bonchev–Trinajstić information content (AvgIpc) is 3.27. The van der Waals surface area contributed by atoms with Crippen LogP contribution >= 0.6 is 31.9 Å². The van der Waals surface area contributed by atoms with E-state index in [0.717, 1.165) is 66.7 Å². The number of benzene rings is 4. The molecule has 0 bridgehead atoms. The summed E-state index contributed by atoms with van der Waals surface area (Å²) in [7, 11) is 3.32. The normalized spacial score (nSPS) is 19.2. The molecule has 2 aliphatic carbocycles. The van der Waals surface area contributed by atoms with Crippen molar-refractivity contribution in [2.24, 2.45) is 0 Å². The lowest BCUT2D eigenvalue weighted by molar-refractivity contribution is 0.163. The summed E-state index contributed by atoms with van der Waals surface area (Å²) in [5.74, 6) is 2.00. The Labute approximate surface area is 274 Å². The third-order valence-corrected chi connectivity index (χ3v) is 10.8. The van der Waals surface area contributed by atoms with Crippen molar-refractivity contribution in [3.05, 3.63) is 122 Å². The van der Waals surface area contributed by atoms with E-state index in [0.29, 0.717) is 17.6 Å².